The van der Waals surface area contributed by atoms with Crippen LogP contribution in [0.2, 0.25) is 0 Å². The maximum absolute atomic E-state index is 10.5. The number of nitrogens with two attached hydrogens (primary N) is 1. The lowest BCUT2D eigenvalue weighted by Gasteiger charge is -2.31. The molecule has 106 valence electrons. The maximum Gasteiger partial charge on any atom is 0.0821 e. The number of hydrogen-bond acceptors (Lipinski definition) is 4. The Morgan fingerprint density at radius 3 is 2.63 bits per heavy atom. The molecule has 1 aliphatic rings. The van der Waals surface area contributed by atoms with Crippen molar-refractivity contribution in [3.05, 3.63) is 23.8 Å². The number of likely N-dealkylation sites (N-methyl/N-ethyl adjacent to an activating group) is 1. The van der Waals surface area contributed by atoms with Crippen LogP contribution in [0.15, 0.2) is 23.1 Å². The Hall–Kier alpha value is -0.710. The third-order valence-electron chi connectivity index (χ3n) is 4.01. The zero-order valence-corrected chi connectivity index (χ0v) is 12.7. The first-order chi connectivity index (χ1) is 9.09. The van der Waals surface area contributed by atoms with Crippen molar-refractivity contribution < 1.29 is 5.11 Å². The second-order valence-electron chi connectivity index (χ2n) is 5.45. The quantitative estimate of drug-likeness (QED) is 0.814. The molecule has 1 fully saturated rings. The molecule has 0 aromatic heterocycles. The van der Waals surface area contributed by atoms with Gasteiger partial charge in [-0.25, -0.2) is 0 Å². The van der Waals surface area contributed by atoms with Crippen LogP contribution < -0.4 is 10.6 Å². The maximum atomic E-state index is 10.5. The zero-order chi connectivity index (χ0) is 13.9. The second kappa shape index (κ2) is 6.16. The molecule has 1 aromatic carbocycles. The van der Waals surface area contributed by atoms with Gasteiger partial charge in [0.25, 0.3) is 0 Å². The van der Waals surface area contributed by atoms with Crippen molar-refractivity contribution >= 4 is 17.4 Å². The highest BCUT2D eigenvalue weighted by molar-refractivity contribution is 7.98. The van der Waals surface area contributed by atoms with Gasteiger partial charge in [0, 0.05) is 36.3 Å². The molecule has 1 saturated carbocycles. The van der Waals surface area contributed by atoms with E-state index >= 15 is 0 Å². The number of aliphatic hydroxyl groups is 1. The third kappa shape index (κ3) is 3.25. The highest BCUT2D eigenvalue weighted by Gasteiger charge is 2.32. The van der Waals surface area contributed by atoms with Crippen LogP contribution in [-0.2, 0) is 6.54 Å². The first-order valence-electron chi connectivity index (χ1n) is 6.89. The molecule has 0 amide bonds. The molecule has 0 aliphatic heterocycles. The molecule has 19 heavy (non-hydrogen) atoms. The topological polar surface area (TPSA) is 49.5 Å². The van der Waals surface area contributed by atoms with Crippen LogP contribution in [0.25, 0.3) is 0 Å². The molecule has 3 N–H and O–H groups in total. The summed E-state index contributed by atoms with van der Waals surface area (Å²) >= 11 is 1.72. The molecular formula is C15H24N2OS. The lowest BCUT2D eigenvalue weighted by Crippen LogP contribution is -2.39. The largest absolute Gasteiger partial charge is 0.388 e. The van der Waals surface area contributed by atoms with Gasteiger partial charge in [0.15, 0.2) is 0 Å². The van der Waals surface area contributed by atoms with Crippen molar-refractivity contribution in [2.45, 2.75) is 42.7 Å². The number of hydrogen-bond donors (Lipinski definition) is 2. The van der Waals surface area contributed by atoms with E-state index in [0.29, 0.717) is 13.1 Å². The van der Waals surface area contributed by atoms with E-state index in [9.17, 15) is 5.11 Å². The molecule has 0 bridgehead atoms. The summed E-state index contributed by atoms with van der Waals surface area (Å²) in [5, 5.41) is 10.5. The van der Waals surface area contributed by atoms with E-state index < -0.39 is 5.60 Å². The summed E-state index contributed by atoms with van der Waals surface area (Å²) in [5.41, 5.74) is 7.71. The van der Waals surface area contributed by atoms with E-state index in [-0.39, 0.29) is 0 Å². The highest BCUT2D eigenvalue weighted by atomic mass is 32.2. The van der Waals surface area contributed by atoms with Crippen molar-refractivity contribution in [1.29, 1.82) is 0 Å². The van der Waals surface area contributed by atoms with Crippen LogP contribution in [0.5, 0.6) is 0 Å². The van der Waals surface area contributed by atoms with Gasteiger partial charge < -0.3 is 15.7 Å². The Balaban J connectivity index is 2.20. The van der Waals surface area contributed by atoms with E-state index in [1.165, 1.54) is 10.5 Å². The standard InChI is InChI=1S/C15H24N2OS/c1-17(11-15(18)8-3-4-9-15)13-6-5-7-14(19-2)12(13)10-16/h5-7,18H,3-4,8-11,16H2,1-2H3. The smallest absolute Gasteiger partial charge is 0.0821 e. The fraction of sp³-hybridized carbons (Fsp3) is 0.600. The van der Waals surface area contributed by atoms with E-state index in [1.54, 1.807) is 11.8 Å². The van der Waals surface area contributed by atoms with Crippen molar-refractivity contribution in [3.63, 3.8) is 0 Å². The zero-order valence-electron chi connectivity index (χ0n) is 11.9. The summed E-state index contributed by atoms with van der Waals surface area (Å²) in [6.45, 7) is 1.23. The lowest BCUT2D eigenvalue weighted by atomic mass is 10.0. The monoisotopic (exact) mass is 280 g/mol. The average molecular weight is 280 g/mol. The van der Waals surface area contributed by atoms with Gasteiger partial charge >= 0.3 is 0 Å². The third-order valence-corrected chi connectivity index (χ3v) is 4.83. The van der Waals surface area contributed by atoms with E-state index in [0.717, 1.165) is 31.4 Å². The van der Waals surface area contributed by atoms with E-state index in [2.05, 4.69) is 36.4 Å². The number of thioether (sulfide) groups is 1. The van der Waals surface area contributed by atoms with Crippen molar-refractivity contribution in [3.8, 4) is 0 Å². The molecule has 2 rings (SSSR count). The minimum Gasteiger partial charge on any atom is -0.388 e. The summed E-state index contributed by atoms with van der Waals surface area (Å²) in [6.07, 6.45) is 6.18. The van der Waals surface area contributed by atoms with Crippen LogP contribution in [0, 0.1) is 0 Å². The molecule has 0 spiro atoms. The molecule has 0 radical (unpaired) electrons. The fourth-order valence-electron chi connectivity index (χ4n) is 3.03. The Morgan fingerprint density at radius 2 is 2.05 bits per heavy atom. The van der Waals surface area contributed by atoms with Gasteiger partial charge in [0.05, 0.1) is 5.60 Å². The molecule has 0 atom stereocenters. The van der Waals surface area contributed by atoms with Gasteiger partial charge in [0.1, 0.15) is 0 Å². The molecule has 1 aliphatic carbocycles. The number of nitrogens with zero attached hydrogens (tertiary/aromatic N) is 1. The second-order valence-corrected chi connectivity index (χ2v) is 6.30. The van der Waals surface area contributed by atoms with Gasteiger partial charge in [0.2, 0.25) is 0 Å². The SMILES string of the molecule is CSc1cccc(N(C)CC2(O)CCCC2)c1CN. The Bertz CT molecular complexity index is 430. The summed E-state index contributed by atoms with van der Waals surface area (Å²) in [7, 11) is 2.05. The molecule has 0 saturated heterocycles. The van der Waals surface area contributed by atoms with Gasteiger partial charge in [-0.1, -0.05) is 18.9 Å². The van der Waals surface area contributed by atoms with Crippen LogP contribution in [0.3, 0.4) is 0 Å². The van der Waals surface area contributed by atoms with Crippen LogP contribution in [-0.4, -0.2) is 30.6 Å². The molecule has 4 heteroatoms. The first-order valence-corrected chi connectivity index (χ1v) is 8.11. The molecule has 1 aromatic rings. The Kier molecular flexibility index (Phi) is 4.76. The van der Waals surface area contributed by atoms with Gasteiger partial charge in [-0.3, -0.25) is 0 Å². The van der Waals surface area contributed by atoms with Crippen molar-refractivity contribution in [1.82, 2.24) is 0 Å². The van der Waals surface area contributed by atoms with Gasteiger partial charge in [-0.2, -0.15) is 0 Å². The van der Waals surface area contributed by atoms with Crippen LogP contribution in [0.1, 0.15) is 31.2 Å². The average Bonchev–Trinajstić information content (AvgIpc) is 2.83. The predicted molar refractivity (Wildman–Crippen MR) is 82.8 cm³/mol. The van der Waals surface area contributed by atoms with Crippen LogP contribution >= 0.6 is 11.8 Å². The molecule has 0 heterocycles. The summed E-state index contributed by atoms with van der Waals surface area (Å²) in [4.78, 5) is 3.39. The minimum atomic E-state index is -0.518. The van der Waals surface area contributed by atoms with E-state index in [1.807, 2.05) is 0 Å². The first kappa shape index (κ1) is 14.7. The van der Waals surface area contributed by atoms with Crippen LogP contribution in [0.4, 0.5) is 5.69 Å². The minimum absolute atomic E-state index is 0.518. The molecule has 0 unspecified atom stereocenters. The summed E-state index contributed by atoms with van der Waals surface area (Å²) in [6, 6.07) is 6.27. The molecular weight excluding hydrogens is 256 g/mol. The van der Waals surface area contributed by atoms with Crippen molar-refractivity contribution in [2.75, 3.05) is 24.7 Å². The summed E-state index contributed by atoms with van der Waals surface area (Å²) in [5.74, 6) is 0. The van der Waals surface area contributed by atoms with E-state index in [4.69, 9.17) is 5.73 Å². The number of rotatable bonds is 5. The van der Waals surface area contributed by atoms with Gasteiger partial charge in [-0.15, -0.1) is 11.8 Å². The fourth-order valence-corrected chi connectivity index (χ4v) is 3.67. The summed E-state index contributed by atoms with van der Waals surface area (Å²) < 4.78 is 0. The predicted octanol–water partition coefficient (Wildman–Crippen LogP) is 2.61. The number of anilines is 1. The Labute approximate surface area is 120 Å². The van der Waals surface area contributed by atoms with Gasteiger partial charge in [-0.05, 0) is 31.2 Å². The lowest BCUT2D eigenvalue weighted by molar-refractivity contribution is 0.0559. The highest BCUT2D eigenvalue weighted by Crippen LogP contribution is 2.33. The normalized spacial score (nSPS) is 17.7. The Morgan fingerprint density at radius 1 is 1.37 bits per heavy atom. The molecule has 3 nitrogen and oxygen atoms in total. The number of benzene rings is 1. The van der Waals surface area contributed by atoms with Crippen molar-refractivity contribution in [2.24, 2.45) is 5.73 Å².